The molecule has 0 aliphatic rings. The van der Waals surface area contributed by atoms with Crippen LogP contribution in [0.4, 0.5) is 11.6 Å². The highest BCUT2D eigenvalue weighted by molar-refractivity contribution is 7.89. The third-order valence-corrected chi connectivity index (χ3v) is 5.78. The van der Waals surface area contributed by atoms with E-state index in [-0.39, 0.29) is 28.3 Å². The Labute approximate surface area is 185 Å². The van der Waals surface area contributed by atoms with Crippen molar-refractivity contribution in [2.45, 2.75) is 11.8 Å². The smallest absolute Gasteiger partial charge is 0.259 e. The van der Waals surface area contributed by atoms with Crippen molar-refractivity contribution in [2.24, 2.45) is 5.73 Å². The van der Waals surface area contributed by atoms with Crippen molar-refractivity contribution in [1.82, 2.24) is 14.8 Å². The third kappa shape index (κ3) is 4.97. The van der Waals surface area contributed by atoms with Gasteiger partial charge in [0, 0.05) is 11.8 Å². The van der Waals surface area contributed by atoms with Gasteiger partial charge in [0.2, 0.25) is 11.9 Å². The van der Waals surface area contributed by atoms with Crippen LogP contribution < -0.4 is 21.3 Å². The SMILES string of the molecule is Cc1nc(N)ncc1-c1ccc(Cl)c(S(=O)(=O)NN(C(=N)N)c2ccccc2)c1.Cl. The number of benzene rings is 2. The van der Waals surface area contributed by atoms with Crippen LogP contribution in [0.1, 0.15) is 5.69 Å². The highest BCUT2D eigenvalue weighted by Crippen LogP contribution is 2.29. The first-order valence-corrected chi connectivity index (χ1v) is 10.2. The molecule has 0 fully saturated rings. The summed E-state index contributed by atoms with van der Waals surface area (Å²) >= 11 is 6.17. The number of hydrogen-bond donors (Lipinski definition) is 4. The molecule has 0 aliphatic heterocycles. The van der Waals surface area contributed by atoms with Crippen LogP contribution in [0.15, 0.2) is 59.6 Å². The summed E-state index contributed by atoms with van der Waals surface area (Å²) in [6.07, 6.45) is 1.51. The fraction of sp³-hybridized carbons (Fsp3) is 0.0556. The number of nitrogen functional groups attached to an aromatic ring is 1. The Balaban J connectivity index is 0.00000320. The summed E-state index contributed by atoms with van der Waals surface area (Å²) in [7, 11) is -4.18. The molecule has 3 aromatic rings. The summed E-state index contributed by atoms with van der Waals surface area (Å²) in [5.74, 6) is -0.385. The van der Waals surface area contributed by atoms with Gasteiger partial charge in [0.1, 0.15) is 4.90 Å². The molecule has 0 saturated heterocycles. The number of hydrazine groups is 1. The average molecular weight is 468 g/mol. The van der Waals surface area contributed by atoms with E-state index in [0.29, 0.717) is 22.5 Å². The maximum atomic E-state index is 13.0. The van der Waals surface area contributed by atoms with Gasteiger partial charge in [-0.1, -0.05) is 35.9 Å². The molecule has 0 radical (unpaired) electrons. The molecule has 0 atom stereocenters. The zero-order chi connectivity index (χ0) is 21.2. The zero-order valence-electron chi connectivity index (χ0n) is 15.7. The summed E-state index contributed by atoms with van der Waals surface area (Å²) in [4.78, 5) is 10.2. The van der Waals surface area contributed by atoms with Crippen LogP contribution in [0.3, 0.4) is 0 Å². The first kappa shape index (κ1) is 23.4. The standard InChI is InChI=1S/C18H18ClN7O2S.ClH/c1-11-14(10-23-18(22)24-11)12-7-8-15(19)16(9-12)29(27,28)25-26(17(20)21)13-5-3-2-4-6-13;/h2-10,25H,1H3,(H3,20,21)(H2,22,23,24);1H. The number of para-hydroxylation sites is 1. The molecule has 30 heavy (non-hydrogen) atoms. The van der Waals surface area contributed by atoms with E-state index in [1.54, 1.807) is 43.3 Å². The molecule has 1 aromatic heterocycles. The van der Waals surface area contributed by atoms with E-state index >= 15 is 0 Å². The second-order valence-electron chi connectivity index (χ2n) is 6.02. The molecule has 9 nitrogen and oxygen atoms in total. The Morgan fingerprint density at radius 2 is 1.87 bits per heavy atom. The maximum absolute atomic E-state index is 13.0. The normalized spacial score (nSPS) is 10.9. The van der Waals surface area contributed by atoms with Crippen LogP contribution in [-0.4, -0.2) is 24.3 Å². The first-order valence-electron chi connectivity index (χ1n) is 8.30. The minimum Gasteiger partial charge on any atom is -0.369 e. The molecule has 2 aromatic carbocycles. The monoisotopic (exact) mass is 467 g/mol. The third-order valence-electron chi connectivity index (χ3n) is 4.00. The van der Waals surface area contributed by atoms with Crippen molar-refractivity contribution in [3.63, 3.8) is 0 Å². The van der Waals surface area contributed by atoms with Gasteiger partial charge in [0.15, 0.2) is 0 Å². The molecule has 0 saturated carbocycles. The average Bonchev–Trinajstić information content (AvgIpc) is 2.67. The Kier molecular flexibility index (Phi) is 7.21. The van der Waals surface area contributed by atoms with Crippen molar-refractivity contribution >= 4 is 51.6 Å². The molecule has 158 valence electrons. The summed E-state index contributed by atoms with van der Waals surface area (Å²) in [5, 5.41) is 8.67. The largest absolute Gasteiger partial charge is 0.369 e. The number of hydrogen-bond acceptors (Lipinski definition) is 6. The Hall–Kier alpha value is -2.92. The molecule has 6 N–H and O–H groups in total. The van der Waals surface area contributed by atoms with E-state index in [2.05, 4.69) is 14.8 Å². The van der Waals surface area contributed by atoms with Gasteiger partial charge in [0.05, 0.1) is 16.4 Å². The summed E-state index contributed by atoms with van der Waals surface area (Å²) < 4.78 is 26.0. The Morgan fingerprint density at radius 1 is 1.20 bits per heavy atom. The van der Waals surface area contributed by atoms with E-state index < -0.39 is 16.0 Å². The highest BCUT2D eigenvalue weighted by atomic mass is 35.5. The number of guanidine groups is 1. The highest BCUT2D eigenvalue weighted by Gasteiger charge is 2.24. The molecule has 0 aliphatic carbocycles. The predicted octanol–water partition coefficient (Wildman–Crippen LogP) is 2.70. The van der Waals surface area contributed by atoms with Gasteiger partial charge in [-0.25, -0.2) is 23.4 Å². The van der Waals surface area contributed by atoms with Gasteiger partial charge < -0.3 is 11.5 Å². The Bertz CT molecular complexity index is 1170. The van der Waals surface area contributed by atoms with Gasteiger partial charge in [-0.2, -0.15) is 0 Å². The van der Waals surface area contributed by atoms with Crippen LogP contribution in [0.25, 0.3) is 11.1 Å². The number of rotatable bonds is 5. The van der Waals surface area contributed by atoms with Gasteiger partial charge in [0.25, 0.3) is 10.0 Å². The minimum absolute atomic E-state index is 0. The predicted molar refractivity (Wildman–Crippen MR) is 120 cm³/mol. The number of nitrogens with zero attached hydrogens (tertiary/aromatic N) is 3. The number of aryl methyl sites for hydroxylation is 1. The van der Waals surface area contributed by atoms with Crippen LogP contribution in [0.5, 0.6) is 0 Å². The second kappa shape index (κ2) is 9.26. The second-order valence-corrected chi connectivity index (χ2v) is 8.06. The molecule has 0 spiro atoms. The van der Waals surface area contributed by atoms with Crippen LogP contribution in [0.2, 0.25) is 5.02 Å². The summed E-state index contributed by atoms with van der Waals surface area (Å²) in [6.45, 7) is 1.74. The van der Waals surface area contributed by atoms with Crippen molar-refractivity contribution in [3.8, 4) is 11.1 Å². The molecule has 0 bridgehead atoms. The molecule has 0 unspecified atom stereocenters. The van der Waals surface area contributed by atoms with E-state index in [1.807, 2.05) is 0 Å². The van der Waals surface area contributed by atoms with Gasteiger partial charge >= 0.3 is 0 Å². The molecule has 12 heteroatoms. The summed E-state index contributed by atoms with van der Waals surface area (Å²) in [6, 6.07) is 12.9. The van der Waals surface area contributed by atoms with Crippen molar-refractivity contribution in [2.75, 3.05) is 10.7 Å². The van der Waals surface area contributed by atoms with E-state index in [1.165, 1.54) is 18.3 Å². The van der Waals surface area contributed by atoms with Crippen molar-refractivity contribution in [3.05, 3.63) is 65.4 Å². The van der Waals surface area contributed by atoms with Gasteiger partial charge in [-0.3, -0.25) is 5.41 Å². The number of nitrogens with two attached hydrogens (primary N) is 2. The fourth-order valence-corrected chi connectivity index (χ4v) is 4.20. The van der Waals surface area contributed by atoms with E-state index in [0.717, 1.165) is 5.01 Å². The molecular weight excluding hydrogens is 449 g/mol. The quantitative estimate of drug-likeness (QED) is 0.255. The maximum Gasteiger partial charge on any atom is 0.259 e. The van der Waals surface area contributed by atoms with Crippen LogP contribution in [0, 0.1) is 12.3 Å². The zero-order valence-corrected chi connectivity index (χ0v) is 18.1. The van der Waals surface area contributed by atoms with Gasteiger partial charge in [-0.05, 0) is 36.8 Å². The number of sulfonamides is 1. The van der Waals surface area contributed by atoms with E-state index in [9.17, 15) is 8.42 Å². The van der Waals surface area contributed by atoms with E-state index in [4.69, 9.17) is 28.5 Å². The van der Waals surface area contributed by atoms with Gasteiger partial charge in [-0.15, -0.1) is 17.2 Å². The molecular formula is C18H19Cl2N7O2S. The van der Waals surface area contributed by atoms with Crippen LogP contribution >= 0.6 is 24.0 Å². The van der Waals surface area contributed by atoms with Crippen molar-refractivity contribution < 1.29 is 8.42 Å². The summed E-state index contributed by atoms with van der Waals surface area (Å²) in [5.41, 5.74) is 13.3. The number of nitrogens with one attached hydrogen (secondary N) is 2. The lowest BCUT2D eigenvalue weighted by Gasteiger charge is -2.23. The van der Waals surface area contributed by atoms with Crippen molar-refractivity contribution in [1.29, 1.82) is 5.41 Å². The lowest BCUT2D eigenvalue weighted by Crippen LogP contribution is -2.49. The first-order chi connectivity index (χ1) is 13.7. The number of halogens is 2. The topological polar surface area (TPSA) is 151 Å². The Morgan fingerprint density at radius 3 is 2.47 bits per heavy atom. The lowest BCUT2D eigenvalue weighted by molar-refractivity contribution is 0.583. The lowest BCUT2D eigenvalue weighted by atomic mass is 10.1. The molecule has 1 heterocycles. The molecule has 0 amide bonds. The fourth-order valence-electron chi connectivity index (χ4n) is 2.63. The number of anilines is 2. The number of aromatic nitrogens is 2. The molecule has 3 rings (SSSR count). The van der Waals surface area contributed by atoms with Crippen LogP contribution in [-0.2, 0) is 10.0 Å². The minimum atomic E-state index is -4.18.